The third-order valence-electron chi connectivity index (χ3n) is 4.94. The smallest absolute Gasteiger partial charge is 0.164 e. The monoisotopic (exact) mass is 425 g/mol. The van der Waals surface area contributed by atoms with Crippen molar-refractivity contribution in [1.29, 1.82) is 5.26 Å². The van der Waals surface area contributed by atoms with Crippen molar-refractivity contribution in [3.63, 3.8) is 0 Å². The van der Waals surface area contributed by atoms with Crippen LogP contribution in [-0.2, 0) is 13.6 Å². The third kappa shape index (κ3) is 3.66. The molecule has 0 atom stereocenters. The molecule has 8 heteroatoms. The molecule has 7 nitrogen and oxygen atoms in total. The predicted octanol–water partition coefficient (Wildman–Crippen LogP) is 2.71. The number of anilines is 1. The number of fused-ring (bicyclic) bond motifs is 1. The predicted molar refractivity (Wildman–Crippen MR) is 107 cm³/mol. The van der Waals surface area contributed by atoms with Crippen LogP contribution in [0.5, 0.6) is 0 Å². The Morgan fingerprint density at radius 2 is 1.93 bits per heavy atom. The van der Waals surface area contributed by atoms with Crippen molar-refractivity contribution >= 4 is 32.8 Å². The zero-order chi connectivity index (χ0) is 18.8. The van der Waals surface area contributed by atoms with Gasteiger partial charge in [-0.3, -0.25) is 4.90 Å². The van der Waals surface area contributed by atoms with E-state index in [4.69, 9.17) is 5.26 Å². The number of aryl methyl sites for hydroxylation is 1. The van der Waals surface area contributed by atoms with E-state index in [0.717, 1.165) is 60.6 Å². The summed E-state index contributed by atoms with van der Waals surface area (Å²) in [6.07, 6.45) is 2.69. The number of nitrogens with zero attached hydrogens (tertiary/aromatic N) is 7. The SMILES string of the molecule is Cn1nc(Br)c2c(N3CCCN(Cc4ccc(C#N)cc4)CC3)ncnc21. The summed E-state index contributed by atoms with van der Waals surface area (Å²) in [6.45, 7) is 4.76. The maximum atomic E-state index is 8.94. The Labute approximate surface area is 166 Å². The molecule has 4 rings (SSSR count). The first-order valence-corrected chi connectivity index (χ1v) is 9.74. The molecule has 138 valence electrons. The van der Waals surface area contributed by atoms with E-state index in [1.807, 2.05) is 31.3 Å². The Hall–Kier alpha value is -2.50. The summed E-state index contributed by atoms with van der Waals surface area (Å²) in [6, 6.07) is 10.0. The van der Waals surface area contributed by atoms with E-state index in [1.165, 1.54) is 5.56 Å². The maximum absolute atomic E-state index is 8.94. The lowest BCUT2D eigenvalue weighted by Gasteiger charge is -2.23. The van der Waals surface area contributed by atoms with E-state index < -0.39 is 0 Å². The normalized spacial score (nSPS) is 15.7. The number of nitriles is 1. The Bertz CT molecular complexity index is 990. The summed E-state index contributed by atoms with van der Waals surface area (Å²) in [4.78, 5) is 13.7. The van der Waals surface area contributed by atoms with Gasteiger partial charge in [0.15, 0.2) is 5.65 Å². The van der Waals surface area contributed by atoms with Gasteiger partial charge in [-0.25, -0.2) is 14.6 Å². The molecule has 2 aromatic heterocycles. The Morgan fingerprint density at radius 3 is 2.70 bits per heavy atom. The average molecular weight is 426 g/mol. The first-order valence-electron chi connectivity index (χ1n) is 8.95. The minimum absolute atomic E-state index is 0.704. The molecule has 1 aromatic carbocycles. The molecule has 1 aliphatic heterocycles. The van der Waals surface area contributed by atoms with Gasteiger partial charge >= 0.3 is 0 Å². The lowest BCUT2D eigenvalue weighted by Crippen LogP contribution is -2.31. The fraction of sp³-hybridized carbons (Fsp3) is 0.368. The standard InChI is InChI=1S/C19H20BrN7/c1-25-18-16(17(20)24-25)19(23-13-22-18)27-8-2-7-26(9-10-27)12-15-5-3-14(11-21)4-6-15/h3-6,13H,2,7-10,12H2,1H3. The molecule has 0 saturated carbocycles. The van der Waals surface area contributed by atoms with E-state index in [2.05, 4.69) is 46.9 Å². The lowest BCUT2D eigenvalue weighted by molar-refractivity contribution is 0.285. The number of hydrogen-bond donors (Lipinski definition) is 0. The molecule has 0 radical (unpaired) electrons. The Kier molecular flexibility index (Phi) is 5.05. The molecule has 0 amide bonds. The molecule has 0 bridgehead atoms. The number of halogens is 1. The largest absolute Gasteiger partial charge is 0.355 e. The topological polar surface area (TPSA) is 73.9 Å². The highest BCUT2D eigenvalue weighted by molar-refractivity contribution is 9.10. The second kappa shape index (κ2) is 7.62. The summed E-state index contributed by atoms with van der Waals surface area (Å²) in [5, 5.41) is 14.3. The van der Waals surface area contributed by atoms with E-state index in [-0.39, 0.29) is 0 Å². The van der Waals surface area contributed by atoms with Crippen LogP contribution in [-0.4, -0.2) is 50.8 Å². The van der Waals surface area contributed by atoms with Crippen LogP contribution in [0.3, 0.4) is 0 Å². The highest BCUT2D eigenvalue weighted by Gasteiger charge is 2.21. The van der Waals surface area contributed by atoms with Crippen LogP contribution in [0.2, 0.25) is 0 Å². The number of hydrogen-bond acceptors (Lipinski definition) is 6. The third-order valence-corrected chi connectivity index (χ3v) is 5.49. The summed E-state index contributed by atoms with van der Waals surface area (Å²) >= 11 is 3.55. The summed E-state index contributed by atoms with van der Waals surface area (Å²) in [7, 11) is 1.89. The highest BCUT2D eigenvalue weighted by Crippen LogP contribution is 2.30. The van der Waals surface area contributed by atoms with Crippen molar-refractivity contribution in [2.45, 2.75) is 13.0 Å². The van der Waals surface area contributed by atoms with Crippen molar-refractivity contribution in [3.8, 4) is 6.07 Å². The van der Waals surface area contributed by atoms with Gasteiger partial charge in [0.1, 0.15) is 16.7 Å². The number of rotatable bonds is 3. The van der Waals surface area contributed by atoms with Crippen molar-refractivity contribution in [2.24, 2.45) is 7.05 Å². The van der Waals surface area contributed by atoms with E-state index in [1.54, 1.807) is 11.0 Å². The average Bonchev–Trinajstić information content (AvgIpc) is 2.85. The van der Waals surface area contributed by atoms with Gasteiger partial charge in [-0.1, -0.05) is 12.1 Å². The van der Waals surface area contributed by atoms with Crippen LogP contribution >= 0.6 is 15.9 Å². The maximum Gasteiger partial charge on any atom is 0.164 e. The zero-order valence-electron chi connectivity index (χ0n) is 15.1. The second-order valence-electron chi connectivity index (χ2n) is 6.74. The van der Waals surface area contributed by atoms with Crippen molar-refractivity contribution in [2.75, 3.05) is 31.1 Å². The highest BCUT2D eigenvalue weighted by atomic mass is 79.9. The number of benzene rings is 1. The Balaban J connectivity index is 1.50. The van der Waals surface area contributed by atoms with Crippen LogP contribution in [0, 0.1) is 11.3 Å². The van der Waals surface area contributed by atoms with E-state index >= 15 is 0 Å². The van der Waals surface area contributed by atoms with Crippen LogP contribution in [0.1, 0.15) is 17.5 Å². The van der Waals surface area contributed by atoms with E-state index in [9.17, 15) is 0 Å². The van der Waals surface area contributed by atoms with Gasteiger partial charge in [-0.2, -0.15) is 10.4 Å². The number of aromatic nitrogens is 4. The van der Waals surface area contributed by atoms with Gasteiger partial charge < -0.3 is 4.90 Å². The van der Waals surface area contributed by atoms with Crippen LogP contribution in [0.15, 0.2) is 35.2 Å². The Morgan fingerprint density at radius 1 is 1.11 bits per heavy atom. The summed E-state index contributed by atoms with van der Waals surface area (Å²) < 4.78 is 2.56. The van der Waals surface area contributed by atoms with Crippen molar-refractivity contribution in [1.82, 2.24) is 24.6 Å². The van der Waals surface area contributed by atoms with Gasteiger partial charge in [0.2, 0.25) is 0 Å². The molecule has 0 aliphatic carbocycles. The minimum Gasteiger partial charge on any atom is -0.355 e. The lowest BCUT2D eigenvalue weighted by atomic mass is 10.1. The first-order chi connectivity index (χ1) is 13.2. The van der Waals surface area contributed by atoms with Gasteiger partial charge in [0.05, 0.1) is 17.0 Å². The second-order valence-corrected chi connectivity index (χ2v) is 7.49. The fourth-order valence-corrected chi connectivity index (χ4v) is 4.14. The van der Waals surface area contributed by atoms with Crippen molar-refractivity contribution < 1.29 is 0 Å². The summed E-state index contributed by atoms with van der Waals surface area (Å²) in [5.74, 6) is 0.945. The van der Waals surface area contributed by atoms with Gasteiger partial charge in [-0.05, 0) is 40.0 Å². The molecule has 3 heterocycles. The molecule has 27 heavy (non-hydrogen) atoms. The fourth-order valence-electron chi connectivity index (χ4n) is 3.55. The quantitative estimate of drug-likeness (QED) is 0.641. The molecular weight excluding hydrogens is 406 g/mol. The molecule has 3 aromatic rings. The molecule has 1 saturated heterocycles. The van der Waals surface area contributed by atoms with E-state index in [0.29, 0.717) is 5.56 Å². The molecule has 0 N–H and O–H groups in total. The zero-order valence-corrected chi connectivity index (χ0v) is 16.7. The molecule has 0 spiro atoms. The molecule has 1 fully saturated rings. The van der Waals surface area contributed by atoms with Gasteiger partial charge in [0.25, 0.3) is 0 Å². The summed E-state index contributed by atoms with van der Waals surface area (Å²) in [5.41, 5.74) is 2.78. The molecule has 0 unspecified atom stereocenters. The minimum atomic E-state index is 0.704. The molecule has 1 aliphatic rings. The van der Waals surface area contributed by atoms with Crippen LogP contribution in [0.25, 0.3) is 11.0 Å². The molecular formula is C19H20BrN7. The van der Waals surface area contributed by atoms with Gasteiger partial charge in [-0.15, -0.1) is 0 Å². The van der Waals surface area contributed by atoms with Gasteiger partial charge in [0, 0.05) is 39.8 Å². The first kappa shape index (κ1) is 17.9. The van der Waals surface area contributed by atoms with Crippen LogP contribution in [0.4, 0.5) is 5.82 Å². The van der Waals surface area contributed by atoms with Crippen LogP contribution < -0.4 is 4.90 Å². The van der Waals surface area contributed by atoms with Crippen molar-refractivity contribution in [3.05, 3.63) is 46.3 Å².